The van der Waals surface area contributed by atoms with Gasteiger partial charge in [0.15, 0.2) is 0 Å². The second-order valence-corrected chi connectivity index (χ2v) is 5.99. The summed E-state index contributed by atoms with van der Waals surface area (Å²) >= 11 is 3.42. The van der Waals surface area contributed by atoms with Gasteiger partial charge in [-0.1, -0.05) is 40.2 Å². The Morgan fingerprint density at radius 2 is 1.81 bits per heavy atom. The van der Waals surface area contributed by atoms with Crippen molar-refractivity contribution in [2.45, 2.75) is 20.0 Å². The number of ether oxygens (including phenoxy) is 1. The maximum absolute atomic E-state index is 10.0. The van der Waals surface area contributed by atoms with Crippen LogP contribution in [0.15, 0.2) is 46.9 Å². The van der Waals surface area contributed by atoms with Gasteiger partial charge in [0.1, 0.15) is 18.5 Å². The monoisotopic (exact) mass is 349 g/mol. The first-order valence-electron chi connectivity index (χ1n) is 6.93. The SMILES string of the molecule is Cc1cccc(C)c1OCC(O)CNc1cccc(Br)c1. The van der Waals surface area contributed by atoms with Crippen molar-refractivity contribution < 1.29 is 9.84 Å². The predicted molar refractivity (Wildman–Crippen MR) is 90.0 cm³/mol. The molecule has 0 aliphatic carbocycles. The molecule has 0 heterocycles. The number of nitrogens with one attached hydrogen (secondary N) is 1. The fraction of sp³-hybridized carbons (Fsp3) is 0.294. The highest BCUT2D eigenvalue weighted by atomic mass is 79.9. The van der Waals surface area contributed by atoms with Crippen LogP contribution in [0.3, 0.4) is 0 Å². The Balaban J connectivity index is 1.84. The van der Waals surface area contributed by atoms with Gasteiger partial charge in [-0.2, -0.15) is 0 Å². The normalized spacial score (nSPS) is 12.0. The molecule has 0 aliphatic rings. The minimum Gasteiger partial charge on any atom is -0.490 e. The van der Waals surface area contributed by atoms with Gasteiger partial charge in [-0.05, 0) is 43.2 Å². The molecule has 0 spiro atoms. The van der Waals surface area contributed by atoms with Crippen LogP contribution in [0.2, 0.25) is 0 Å². The summed E-state index contributed by atoms with van der Waals surface area (Å²) in [5.41, 5.74) is 3.14. The molecule has 0 amide bonds. The molecular weight excluding hydrogens is 330 g/mol. The number of halogens is 1. The largest absolute Gasteiger partial charge is 0.490 e. The summed E-state index contributed by atoms with van der Waals surface area (Å²) in [6, 6.07) is 13.9. The standard InChI is InChI=1S/C17H20BrNO2/c1-12-5-3-6-13(2)17(12)21-11-16(20)10-19-15-8-4-7-14(18)9-15/h3-9,16,19-20H,10-11H2,1-2H3. The first-order valence-corrected chi connectivity index (χ1v) is 7.72. The fourth-order valence-electron chi connectivity index (χ4n) is 2.10. The van der Waals surface area contributed by atoms with E-state index in [-0.39, 0.29) is 6.61 Å². The van der Waals surface area contributed by atoms with Crippen LogP contribution in [-0.2, 0) is 0 Å². The van der Waals surface area contributed by atoms with Crippen molar-refractivity contribution in [1.29, 1.82) is 0 Å². The summed E-state index contributed by atoms with van der Waals surface area (Å²) < 4.78 is 6.75. The lowest BCUT2D eigenvalue weighted by Crippen LogP contribution is -2.26. The van der Waals surface area contributed by atoms with E-state index < -0.39 is 6.10 Å². The van der Waals surface area contributed by atoms with E-state index in [1.54, 1.807) is 0 Å². The summed E-state index contributed by atoms with van der Waals surface area (Å²) in [5.74, 6) is 0.860. The summed E-state index contributed by atoms with van der Waals surface area (Å²) in [4.78, 5) is 0. The molecule has 3 nitrogen and oxygen atoms in total. The molecule has 112 valence electrons. The molecule has 0 aliphatic heterocycles. The van der Waals surface area contributed by atoms with Gasteiger partial charge in [0.2, 0.25) is 0 Å². The molecule has 1 atom stereocenters. The predicted octanol–water partition coefficient (Wildman–Crippen LogP) is 3.92. The average Bonchev–Trinajstić information content (AvgIpc) is 2.45. The Morgan fingerprint density at radius 3 is 2.48 bits per heavy atom. The lowest BCUT2D eigenvalue weighted by atomic mass is 10.1. The quantitative estimate of drug-likeness (QED) is 0.830. The first kappa shape index (κ1) is 15.9. The van der Waals surface area contributed by atoms with Crippen LogP contribution >= 0.6 is 15.9 Å². The number of hydrogen-bond acceptors (Lipinski definition) is 3. The van der Waals surface area contributed by atoms with Crippen molar-refractivity contribution in [1.82, 2.24) is 0 Å². The van der Waals surface area contributed by atoms with Crippen LogP contribution in [0.5, 0.6) is 5.75 Å². The van der Waals surface area contributed by atoms with Crippen LogP contribution in [-0.4, -0.2) is 24.4 Å². The smallest absolute Gasteiger partial charge is 0.125 e. The molecule has 2 rings (SSSR count). The van der Waals surface area contributed by atoms with Crippen LogP contribution in [0.25, 0.3) is 0 Å². The molecule has 2 aromatic rings. The molecule has 0 radical (unpaired) electrons. The highest BCUT2D eigenvalue weighted by Gasteiger charge is 2.08. The van der Waals surface area contributed by atoms with E-state index in [9.17, 15) is 5.11 Å². The highest BCUT2D eigenvalue weighted by Crippen LogP contribution is 2.22. The lowest BCUT2D eigenvalue weighted by Gasteiger charge is -2.16. The van der Waals surface area contributed by atoms with E-state index in [0.717, 1.165) is 27.0 Å². The van der Waals surface area contributed by atoms with Crippen LogP contribution in [0.1, 0.15) is 11.1 Å². The van der Waals surface area contributed by atoms with Crippen LogP contribution < -0.4 is 10.1 Å². The van der Waals surface area contributed by atoms with Gasteiger partial charge in [0.25, 0.3) is 0 Å². The number of para-hydroxylation sites is 1. The third-order valence-electron chi connectivity index (χ3n) is 3.20. The third-order valence-corrected chi connectivity index (χ3v) is 3.69. The van der Waals surface area contributed by atoms with Gasteiger partial charge < -0.3 is 15.2 Å². The second kappa shape index (κ2) is 7.48. The molecule has 4 heteroatoms. The molecule has 0 aromatic heterocycles. The number of anilines is 1. The summed E-state index contributed by atoms with van der Waals surface area (Å²) in [6.45, 7) is 4.73. The zero-order valence-corrected chi connectivity index (χ0v) is 13.9. The molecule has 2 aromatic carbocycles. The van der Waals surface area contributed by atoms with E-state index in [1.165, 1.54) is 0 Å². The second-order valence-electron chi connectivity index (χ2n) is 5.08. The van der Waals surface area contributed by atoms with Crippen molar-refractivity contribution >= 4 is 21.6 Å². The number of benzene rings is 2. The van der Waals surface area contributed by atoms with Gasteiger partial charge >= 0.3 is 0 Å². The Bertz CT molecular complexity index is 581. The summed E-state index contributed by atoms with van der Waals surface area (Å²) in [6.07, 6.45) is -0.567. The van der Waals surface area contributed by atoms with E-state index in [2.05, 4.69) is 21.2 Å². The molecule has 0 saturated carbocycles. The van der Waals surface area contributed by atoms with Gasteiger partial charge in [0.05, 0.1) is 0 Å². The maximum atomic E-state index is 10.0. The Morgan fingerprint density at radius 1 is 1.14 bits per heavy atom. The van der Waals surface area contributed by atoms with Crippen molar-refractivity contribution in [2.75, 3.05) is 18.5 Å². The van der Waals surface area contributed by atoms with Crippen LogP contribution in [0.4, 0.5) is 5.69 Å². The number of aliphatic hydroxyl groups is 1. The lowest BCUT2D eigenvalue weighted by molar-refractivity contribution is 0.117. The van der Waals surface area contributed by atoms with E-state index in [4.69, 9.17) is 4.74 Å². The molecule has 0 fully saturated rings. The number of hydrogen-bond donors (Lipinski definition) is 2. The molecular formula is C17H20BrNO2. The van der Waals surface area contributed by atoms with E-state index >= 15 is 0 Å². The molecule has 2 N–H and O–H groups in total. The van der Waals surface area contributed by atoms with E-state index in [1.807, 2.05) is 56.3 Å². The average molecular weight is 350 g/mol. The molecule has 0 saturated heterocycles. The minimum atomic E-state index is -0.567. The number of aryl methyl sites for hydroxylation is 2. The zero-order valence-electron chi connectivity index (χ0n) is 12.3. The zero-order chi connectivity index (χ0) is 15.2. The number of aliphatic hydroxyl groups excluding tert-OH is 1. The Hall–Kier alpha value is -1.52. The van der Waals surface area contributed by atoms with Crippen molar-refractivity contribution in [3.63, 3.8) is 0 Å². The van der Waals surface area contributed by atoms with Gasteiger partial charge in [0, 0.05) is 16.7 Å². The summed E-state index contributed by atoms with van der Waals surface area (Å²) in [5, 5.41) is 13.2. The van der Waals surface area contributed by atoms with Crippen molar-refractivity contribution in [3.8, 4) is 5.75 Å². The van der Waals surface area contributed by atoms with Gasteiger partial charge in [-0.3, -0.25) is 0 Å². The topological polar surface area (TPSA) is 41.5 Å². The summed E-state index contributed by atoms with van der Waals surface area (Å²) in [7, 11) is 0. The third kappa shape index (κ3) is 4.76. The van der Waals surface area contributed by atoms with Crippen LogP contribution in [0, 0.1) is 13.8 Å². The Kier molecular flexibility index (Phi) is 5.65. The first-order chi connectivity index (χ1) is 10.1. The van der Waals surface area contributed by atoms with Crippen molar-refractivity contribution in [2.24, 2.45) is 0 Å². The van der Waals surface area contributed by atoms with Gasteiger partial charge in [-0.25, -0.2) is 0 Å². The maximum Gasteiger partial charge on any atom is 0.125 e. The molecule has 0 bridgehead atoms. The minimum absolute atomic E-state index is 0.271. The molecule has 1 unspecified atom stereocenters. The number of rotatable bonds is 6. The highest BCUT2D eigenvalue weighted by molar-refractivity contribution is 9.10. The Labute approximate surface area is 134 Å². The van der Waals surface area contributed by atoms with Gasteiger partial charge in [-0.15, -0.1) is 0 Å². The fourth-order valence-corrected chi connectivity index (χ4v) is 2.50. The molecule has 21 heavy (non-hydrogen) atoms. The van der Waals surface area contributed by atoms with E-state index in [0.29, 0.717) is 6.54 Å². The van der Waals surface area contributed by atoms with Crippen molar-refractivity contribution in [3.05, 3.63) is 58.1 Å².